The molecule has 0 radical (unpaired) electrons. The van der Waals surface area contributed by atoms with Crippen LogP contribution in [-0.2, 0) is 0 Å². The molecule has 1 nitrogen and oxygen atoms in total. The molecule has 114 valence electrons. The van der Waals surface area contributed by atoms with Crippen LogP contribution in [-0.4, -0.2) is 13.1 Å². The molecule has 1 rings (SSSR count). The van der Waals surface area contributed by atoms with E-state index in [2.05, 4.69) is 19.3 Å². The van der Waals surface area contributed by atoms with Crippen LogP contribution in [0.5, 0.6) is 0 Å². The molecule has 0 heterocycles. The van der Waals surface area contributed by atoms with E-state index in [0.29, 0.717) is 0 Å². The second kappa shape index (κ2) is 11.8. The Morgan fingerprint density at radius 1 is 0.842 bits per heavy atom. The topological polar surface area (TPSA) is 12.0 Å². The molecule has 1 fully saturated rings. The third kappa shape index (κ3) is 7.97. The largest absolute Gasteiger partial charge is 0.317 e. The van der Waals surface area contributed by atoms with Gasteiger partial charge in [-0.1, -0.05) is 77.6 Å². The van der Waals surface area contributed by atoms with Gasteiger partial charge in [-0.25, -0.2) is 0 Å². The summed E-state index contributed by atoms with van der Waals surface area (Å²) in [7, 11) is 2.18. The predicted molar refractivity (Wildman–Crippen MR) is 86.6 cm³/mol. The first kappa shape index (κ1) is 17.0. The van der Waals surface area contributed by atoms with Gasteiger partial charge in [0, 0.05) is 6.04 Å². The highest BCUT2D eigenvalue weighted by molar-refractivity contribution is 4.77. The van der Waals surface area contributed by atoms with E-state index in [1.54, 1.807) is 0 Å². The lowest BCUT2D eigenvalue weighted by Gasteiger charge is -2.26. The maximum atomic E-state index is 3.61. The molecule has 1 atom stereocenters. The van der Waals surface area contributed by atoms with E-state index in [0.717, 1.165) is 12.0 Å². The Morgan fingerprint density at radius 2 is 1.42 bits per heavy atom. The van der Waals surface area contributed by atoms with Crippen molar-refractivity contribution < 1.29 is 0 Å². The van der Waals surface area contributed by atoms with Gasteiger partial charge in [-0.05, 0) is 32.2 Å². The van der Waals surface area contributed by atoms with Crippen molar-refractivity contribution >= 4 is 0 Å². The Balaban J connectivity index is 2.07. The van der Waals surface area contributed by atoms with Crippen molar-refractivity contribution in [2.75, 3.05) is 7.05 Å². The highest BCUT2D eigenvalue weighted by Gasteiger charge is 2.20. The third-order valence-corrected chi connectivity index (χ3v) is 4.96. The first-order valence-corrected chi connectivity index (χ1v) is 9.05. The zero-order valence-corrected chi connectivity index (χ0v) is 13.6. The van der Waals surface area contributed by atoms with Crippen molar-refractivity contribution in [2.45, 2.75) is 103 Å². The smallest absolute Gasteiger partial charge is 0.00923 e. The van der Waals surface area contributed by atoms with Crippen LogP contribution < -0.4 is 5.32 Å². The number of hydrogen-bond acceptors (Lipinski definition) is 1. The quantitative estimate of drug-likeness (QED) is 0.396. The molecule has 1 heteroatoms. The molecule has 1 aliphatic carbocycles. The summed E-state index contributed by atoms with van der Waals surface area (Å²) in [6, 6.07) is 0.800. The average molecular weight is 268 g/mol. The second-order valence-electron chi connectivity index (χ2n) is 6.56. The van der Waals surface area contributed by atoms with E-state index in [-0.39, 0.29) is 0 Å². The van der Waals surface area contributed by atoms with Crippen LogP contribution in [0.2, 0.25) is 0 Å². The van der Waals surface area contributed by atoms with Gasteiger partial charge in [0.1, 0.15) is 0 Å². The first-order chi connectivity index (χ1) is 9.38. The molecule has 0 spiro atoms. The number of unbranched alkanes of at least 4 members (excludes halogenated alkanes) is 6. The minimum atomic E-state index is 0.800. The van der Waals surface area contributed by atoms with Gasteiger partial charge in [-0.2, -0.15) is 0 Å². The molecule has 1 N–H and O–H groups in total. The lowest BCUT2D eigenvalue weighted by Crippen LogP contribution is -2.33. The second-order valence-corrected chi connectivity index (χ2v) is 6.56. The van der Waals surface area contributed by atoms with Crippen molar-refractivity contribution in [1.29, 1.82) is 0 Å². The van der Waals surface area contributed by atoms with Crippen LogP contribution >= 0.6 is 0 Å². The fourth-order valence-corrected chi connectivity index (χ4v) is 3.65. The van der Waals surface area contributed by atoms with Crippen LogP contribution in [0.25, 0.3) is 0 Å². The molecular weight excluding hydrogens is 230 g/mol. The molecule has 1 aliphatic rings. The van der Waals surface area contributed by atoms with Crippen LogP contribution in [0.1, 0.15) is 96.8 Å². The lowest BCUT2D eigenvalue weighted by atomic mass is 9.88. The van der Waals surface area contributed by atoms with Crippen molar-refractivity contribution in [3.05, 3.63) is 0 Å². The number of rotatable bonds is 10. The van der Waals surface area contributed by atoms with E-state index >= 15 is 0 Å². The SMILES string of the molecule is CCCCCCCCCC(NC)C1CCCCCC1. The van der Waals surface area contributed by atoms with Gasteiger partial charge in [-0.3, -0.25) is 0 Å². The Hall–Kier alpha value is -0.0400. The molecular formula is C18H37N. The Kier molecular flexibility index (Phi) is 10.5. The third-order valence-electron chi connectivity index (χ3n) is 4.96. The lowest BCUT2D eigenvalue weighted by molar-refractivity contribution is 0.311. The van der Waals surface area contributed by atoms with Crippen LogP contribution in [0.15, 0.2) is 0 Å². The standard InChI is InChI=1S/C18H37N/c1-3-4-5-6-7-8-13-16-18(19-2)17-14-11-9-10-12-15-17/h17-19H,3-16H2,1-2H3. The molecule has 0 aromatic rings. The zero-order valence-electron chi connectivity index (χ0n) is 13.6. The number of nitrogens with one attached hydrogen (secondary N) is 1. The molecule has 0 amide bonds. The minimum absolute atomic E-state index is 0.800. The van der Waals surface area contributed by atoms with Crippen LogP contribution in [0, 0.1) is 5.92 Å². The summed E-state index contributed by atoms with van der Waals surface area (Å²) >= 11 is 0. The monoisotopic (exact) mass is 267 g/mol. The highest BCUT2D eigenvalue weighted by atomic mass is 14.9. The summed E-state index contributed by atoms with van der Waals surface area (Å²) in [5.74, 6) is 0.965. The van der Waals surface area contributed by atoms with Crippen LogP contribution in [0.4, 0.5) is 0 Å². The predicted octanol–water partition coefficient (Wildman–Crippen LogP) is 5.69. The normalized spacial score (nSPS) is 19.3. The molecule has 19 heavy (non-hydrogen) atoms. The highest BCUT2D eigenvalue weighted by Crippen LogP contribution is 2.27. The summed E-state index contributed by atoms with van der Waals surface area (Å²) in [4.78, 5) is 0. The molecule has 0 saturated heterocycles. The van der Waals surface area contributed by atoms with Gasteiger partial charge < -0.3 is 5.32 Å². The van der Waals surface area contributed by atoms with Crippen molar-refractivity contribution in [3.8, 4) is 0 Å². The Morgan fingerprint density at radius 3 is 2.00 bits per heavy atom. The first-order valence-electron chi connectivity index (χ1n) is 9.05. The fraction of sp³-hybridized carbons (Fsp3) is 1.00. The van der Waals surface area contributed by atoms with Crippen molar-refractivity contribution in [3.63, 3.8) is 0 Å². The summed E-state index contributed by atoms with van der Waals surface area (Å²) in [6.45, 7) is 2.30. The molecule has 0 aliphatic heterocycles. The molecule has 1 saturated carbocycles. The summed E-state index contributed by atoms with van der Waals surface area (Å²) in [5, 5.41) is 3.61. The minimum Gasteiger partial charge on any atom is -0.317 e. The Labute approximate surface area is 121 Å². The summed E-state index contributed by atoms with van der Waals surface area (Å²) < 4.78 is 0. The van der Waals surface area contributed by atoms with Gasteiger partial charge >= 0.3 is 0 Å². The van der Waals surface area contributed by atoms with E-state index in [1.807, 2.05) is 0 Å². The van der Waals surface area contributed by atoms with Gasteiger partial charge in [0.05, 0.1) is 0 Å². The average Bonchev–Trinajstić information content (AvgIpc) is 2.71. The molecule has 0 bridgehead atoms. The summed E-state index contributed by atoms with van der Waals surface area (Å²) in [5.41, 5.74) is 0. The summed E-state index contributed by atoms with van der Waals surface area (Å²) in [6.07, 6.45) is 20.3. The van der Waals surface area contributed by atoms with Gasteiger partial charge in [-0.15, -0.1) is 0 Å². The van der Waals surface area contributed by atoms with E-state index in [1.165, 1.54) is 89.9 Å². The molecule has 1 unspecified atom stereocenters. The maximum absolute atomic E-state index is 3.61. The Bertz CT molecular complexity index is 182. The molecule has 0 aromatic heterocycles. The van der Waals surface area contributed by atoms with Gasteiger partial charge in [0.25, 0.3) is 0 Å². The van der Waals surface area contributed by atoms with E-state index < -0.39 is 0 Å². The fourth-order valence-electron chi connectivity index (χ4n) is 3.65. The van der Waals surface area contributed by atoms with Gasteiger partial charge in [0.2, 0.25) is 0 Å². The van der Waals surface area contributed by atoms with Crippen molar-refractivity contribution in [1.82, 2.24) is 5.32 Å². The van der Waals surface area contributed by atoms with E-state index in [9.17, 15) is 0 Å². The van der Waals surface area contributed by atoms with Crippen molar-refractivity contribution in [2.24, 2.45) is 5.92 Å². The maximum Gasteiger partial charge on any atom is 0.00923 e. The zero-order chi connectivity index (χ0) is 13.8. The van der Waals surface area contributed by atoms with Crippen LogP contribution in [0.3, 0.4) is 0 Å². The van der Waals surface area contributed by atoms with Gasteiger partial charge in [0.15, 0.2) is 0 Å². The molecule has 0 aromatic carbocycles. The van der Waals surface area contributed by atoms with E-state index in [4.69, 9.17) is 0 Å². The number of hydrogen-bond donors (Lipinski definition) is 1.